The van der Waals surface area contributed by atoms with Gasteiger partial charge in [0.15, 0.2) is 5.78 Å². The van der Waals surface area contributed by atoms with E-state index >= 15 is 0 Å². The fourth-order valence-corrected chi connectivity index (χ4v) is 5.59. The van der Waals surface area contributed by atoms with Crippen molar-refractivity contribution >= 4 is 11.6 Å². The Morgan fingerprint density at radius 2 is 1.74 bits per heavy atom. The molecule has 4 aliphatic rings. The molecule has 0 aromatic heterocycles. The summed E-state index contributed by atoms with van der Waals surface area (Å²) in [5, 5.41) is 0. The Kier molecular flexibility index (Phi) is 2.68. The maximum atomic E-state index is 11.8. The number of ketones is 2. The molecule has 0 amide bonds. The number of fused-ring (bicyclic) bond motifs is 5. The van der Waals surface area contributed by atoms with E-state index in [0.29, 0.717) is 29.3 Å². The van der Waals surface area contributed by atoms with Gasteiger partial charge in [0, 0.05) is 19.3 Å². The van der Waals surface area contributed by atoms with Gasteiger partial charge in [0.1, 0.15) is 5.78 Å². The van der Waals surface area contributed by atoms with Gasteiger partial charge >= 0.3 is 0 Å². The van der Waals surface area contributed by atoms with E-state index in [2.05, 4.69) is 0 Å². The van der Waals surface area contributed by atoms with Crippen molar-refractivity contribution in [1.29, 1.82) is 0 Å². The Morgan fingerprint density at radius 1 is 0.842 bits per heavy atom. The lowest BCUT2D eigenvalue weighted by Crippen LogP contribution is -2.40. The van der Waals surface area contributed by atoms with Gasteiger partial charge in [0.05, 0.1) is 0 Å². The summed E-state index contributed by atoms with van der Waals surface area (Å²) in [6, 6.07) is 0. The Bertz CT molecular complexity index is 462. The van der Waals surface area contributed by atoms with E-state index < -0.39 is 0 Å². The summed E-state index contributed by atoms with van der Waals surface area (Å²) in [6.45, 7) is 0. The summed E-state index contributed by atoms with van der Waals surface area (Å²) in [7, 11) is 0. The molecule has 0 aromatic rings. The van der Waals surface area contributed by atoms with Crippen LogP contribution < -0.4 is 0 Å². The lowest BCUT2D eigenvalue weighted by molar-refractivity contribution is -0.118. The minimum absolute atomic E-state index is 0.342. The zero-order chi connectivity index (χ0) is 13.0. The second-order valence-electron chi connectivity index (χ2n) is 7.15. The Hall–Kier alpha value is -0.920. The van der Waals surface area contributed by atoms with Gasteiger partial charge < -0.3 is 0 Å². The van der Waals surface area contributed by atoms with Crippen LogP contribution in [-0.4, -0.2) is 11.6 Å². The highest BCUT2D eigenvalue weighted by atomic mass is 16.1. The smallest absolute Gasteiger partial charge is 0.155 e. The molecule has 4 aliphatic carbocycles. The Balaban J connectivity index is 1.61. The minimum Gasteiger partial charge on any atom is -0.300 e. The molecule has 2 heteroatoms. The molecule has 0 spiro atoms. The number of carbonyl (C=O) groups is 2. The average molecular weight is 258 g/mol. The van der Waals surface area contributed by atoms with Gasteiger partial charge in [-0.15, -0.1) is 0 Å². The summed E-state index contributed by atoms with van der Waals surface area (Å²) < 4.78 is 0. The van der Waals surface area contributed by atoms with Gasteiger partial charge in [-0.25, -0.2) is 0 Å². The monoisotopic (exact) mass is 258 g/mol. The second-order valence-corrected chi connectivity index (χ2v) is 7.15. The summed E-state index contributed by atoms with van der Waals surface area (Å²) >= 11 is 0. The van der Waals surface area contributed by atoms with Crippen molar-refractivity contribution in [3.05, 3.63) is 11.6 Å². The van der Waals surface area contributed by atoms with Gasteiger partial charge in [-0.3, -0.25) is 9.59 Å². The maximum absolute atomic E-state index is 11.8. The van der Waals surface area contributed by atoms with Crippen LogP contribution in [0.5, 0.6) is 0 Å². The molecule has 102 valence electrons. The van der Waals surface area contributed by atoms with Gasteiger partial charge in [0.2, 0.25) is 0 Å². The minimum atomic E-state index is 0.342. The highest BCUT2D eigenvalue weighted by Gasteiger charge is 2.49. The molecule has 0 bridgehead atoms. The van der Waals surface area contributed by atoms with Crippen LogP contribution in [0.3, 0.4) is 0 Å². The molecule has 0 aromatic carbocycles. The lowest BCUT2D eigenvalue weighted by Gasteiger charge is -2.48. The zero-order valence-corrected chi connectivity index (χ0v) is 11.4. The molecule has 0 unspecified atom stereocenters. The van der Waals surface area contributed by atoms with E-state index in [1.54, 1.807) is 0 Å². The zero-order valence-electron chi connectivity index (χ0n) is 11.4. The summed E-state index contributed by atoms with van der Waals surface area (Å²) in [4.78, 5) is 23.3. The molecule has 5 atom stereocenters. The molecular formula is C17H22O2. The number of carbonyl (C=O) groups excluding carboxylic acids is 2. The molecule has 4 rings (SSSR count). The van der Waals surface area contributed by atoms with Gasteiger partial charge in [-0.2, -0.15) is 0 Å². The maximum Gasteiger partial charge on any atom is 0.155 e. The molecule has 0 saturated heterocycles. The van der Waals surface area contributed by atoms with Crippen molar-refractivity contribution in [3.8, 4) is 0 Å². The van der Waals surface area contributed by atoms with E-state index in [0.717, 1.165) is 43.9 Å². The highest BCUT2D eigenvalue weighted by molar-refractivity contribution is 5.91. The number of hydrogen-bond acceptors (Lipinski definition) is 2. The third kappa shape index (κ3) is 1.83. The molecule has 0 N–H and O–H groups in total. The third-order valence-electron chi connectivity index (χ3n) is 6.34. The van der Waals surface area contributed by atoms with Crippen molar-refractivity contribution in [2.45, 2.75) is 51.4 Å². The number of Topliss-reactive ketones (excluding diaryl/α,β-unsaturated/α-hetero) is 1. The number of allylic oxidation sites excluding steroid dienone is 1. The van der Waals surface area contributed by atoms with Crippen LogP contribution in [0.4, 0.5) is 0 Å². The Labute approximate surface area is 114 Å². The van der Waals surface area contributed by atoms with Crippen molar-refractivity contribution in [3.63, 3.8) is 0 Å². The third-order valence-corrected chi connectivity index (χ3v) is 6.34. The van der Waals surface area contributed by atoms with Crippen LogP contribution in [0.2, 0.25) is 0 Å². The van der Waals surface area contributed by atoms with Crippen LogP contribution in [0.15, 0.2) is 11.6 Å². The van der Waals surface area contributed by atoms with E-state index in [-0.39, 0.29) is 0 Å². The molecule has 3 saturated carbocycles. The predicted octanol–water partition coefficient (Wildman–Crippen LogP) is 3.31. The first-order valence-corrected chi connectivity index (χ1v) is 7.97. The van der Waals surface area contributed by atoms with Crippen molar-refractivity contribution in [1.82, 2.24) is 0 Å². The largest absolute Gasteiger partial charge is 0.300 e. The van der Waals surface area contributed by atoms with Crippen LogP contribution in [0.1, 0.15) is 51.4 Å². The van der Waals surface area contributed by atoms with E-state index in [9.17, 15) is 9.59 Å². The fraction of sp³-hybridized carbons (Fsp3) is 0.765. The summed E-state index contributed by atoms with van der Waals surface area (Å²) in [6.07, 6.45) is 10.4. The first-order valence-electron chi connectivity index (χ1n) is 7.97. The first kappa shape index (κ1) is 11.9. The summed E-state index contributed by atoms with van der Waals surface area (Å²) in [5.41, 5.74) is 1.44. The van der Waals surface area contributed by atoms with Gasteiger partial charge in [-0.05, 0) is 67.8 Å². The standard InChI is InChI=1S/C17H22O2/c18-12-3-6-14-10(7-12)1-5-16-15(14)4-2-11-8-13(19)9-17(11)16/h7,11,14-17H,1-6,8-9H2/t11-,14+,15-,16-,17-/m0/s1. The van der Waals surface area contributed by atoms with Crippen LogP contribution >= 0.6 is 0 Å². The van der Waals surface area contributed by atoms with Crippen molar-refractivity contribution in [2.24, 2.45) is 29.6 Å². The summed E-state index contributed by atoms with van der Waals surface area (Å²) in [5.74, 6) is 4.47. The lowest BCUT2D eigenvalue weighted by atomic mass is 9.56. The normalized spacial score (nSPS) is 45.3. The van der Waals surface area contributed by atoms with Gasteiger partial charge in [-0.1, -0.05) is 5.57 Å². The van der Waals surface area contributed by atoms with Crippen LogP contribution in [0.25, 0.3) is 0 Å². The van der Waals surface area contributed by atoms with E-state index in [4.69, 9.17) is 0 Å². The van der Waals surface area contributed by atoms with Crippen molar-refractivity contribution in [2.75, 3.05) is 0 Å². The molecule has 19 heavy (non-hydrogen) atoms. The molecule has 2 nitrogen and oxygen atoms in total. The number of rotatable bonds is 0. The van der Waals surface area contributed by atoms with Crippen LogP contribution in [-0.2, 0) is 9.59 Å². The van der Waals surface area contributed by atoms with Gasteiger partial charge in [0.25, 0.3) is 0 Å². The highest BCUT2D eigenvalue weighted by Crippen LogP contribution is 2.55. The van der Waals surface area contributed by atoms with Crippen LogP contribution in [0, 0.1) is 29.6 Å². The first-order chi connectivity index (χ1) is 9.22. The van der Waals surface area contributed by atoms with E-state index in [1.807, 2.05) is 6.08 Å². The molecule has 0 aliphatic heterocycles. The quantitative estimate of drug-likeness (QED) is 0.668. The average Bonchev–Trinajstić information content (AvgIpc) is 2.78. The topological polar surface area (TPSA) is 34.1 Å². The number of hydrogen-bond donors (Lipinski definition) is 0. The van der Waals surface area contributed by atoms with Crippen molar-refractivity contribution < 1.29 is 9.59 Å². The SMILES string of the molecule is O=C1C=C2CC[C@H]3[C@@H](CC[C@H]4CC(=O)C[C@@H]43)[C@@H]2CC1. The molecule has 0 heterocycles. The fourth-order valence-electron chi connectivity index (χ4n) is 5.59. The van der Waals surface area contributed by atoms with E-state index in [1.165, 1.54) is 24.8 Å². The molecule has 0 radical (unpaired) electrons. The predicted molar refractivity (Wildman–Crippen MR) is 72.5 cm³/mol. The molecular weight excluding hydrogens is 236 g/mol. The Morgan fingerprint density at radius 3 is 2.63 bits per heavy atom. The second kappa shape index (κ2) is 4.29. The molecule has 3 fully saturated rings.